The van der Waals surface area contributed by atoms with Crippen molar-refractivity contribution in [2.45, 2.75) is 19.9 Å². The number of rotatable bonds is 5. The molecule has 0 amide bonds. The van der Waals surface area contributed by atoms with Gasteiger partial charge in [-0.3, -0.25) is 10.1 Å². The van der Waals surface area contributed by atoms with E-state index < -0.39 is 0 Å². The number of non-ortho nitro benzene ring substituents is 1. The Morgan fingerprint density at radius 3 is 2.72 bits per heavy atom. The van der Waals surface area contributed by atoms with Gasteiger partial charge < -0.3 is 5.32 Å². The average molecular weight is 262 g/mol. The molecule has 1 heterocycles. The van der Waals surface area contributed by atoms with Gasteiger partial charge in [0.1, 0.15) is 0 Å². The zero-order valence-corrected chi connectivity index (χ0v) is 10.9. The predicted molar refractivity (Wildman–Crippen MR) is 74.1 cm³/mol. The first-order valence-electron chi connectivity index (χ1n) is 5.75. The molecule has 94 valence electrons. The standard InChI is InChI=1S/C13H14N2O2S/c1-2-12-6-7-13(18-12)9-14-10-4-3-5-11(8-10)15(16)17/h3-8,14H,2,9H2,1H3. The Kier molecular flexibility index (Phi) is 3.94. The molecule has 0 radical (unpaired) electrons. The molecule has 0 saturated carbocycles. The lowest BCUT2D eigenvalue weighted by molar-refractivity contribution is -0.384. The summed E-state index contributed by atoms with van der Waals surface area (Å²) in [7, 11) is 0. The highest BCUT2D eigenvalue weighted by atomic mass is 32.1. The van der Waals surface area contributed by atoms with Crippen molar-refractivity contribution in [1.29, 1.82) is 0 Å². The van der Waals surface area contributed by atoms with E-state index in [0.29, 0.717) is 6.54 Å². The number of nitrogens with one attached hydrogen (secondary N) is 1. The van der Waals surface area contributed by atoms with Gasteiger partial charge in [0.25, 0.3) is 5.69 Å². The number of nitro benzene ring substituents is 1. The highest BCUT2D eigenvalue weighted by Crippen LogP contribution is 2.20. The number of aryl methyl sites for hydroxylation is 1. The van der Waals surface area contributed by atoms with Crippen molar-refractivity contribution in [1.82, 2.24) is 0 Å². The third kappa shape index (κ3) is 3.07. The van der Waals surface area contributed by atoms with Crippen LogP contribution in [0.1, 0.15) is 16.7 Å². The predicted octanol–water partition coefficient (Wildman–Crippen LogP) is 3.83. The monoisotopic (exact) mass is 262 g/mol. The number of nitrogens with zero attached hydrogens (tertiary/aromatic N) is 1. The van der Waals surface area contributed by atoms with Crippen molar-refractivity contribution < 1.29 is 4.92 Å². The zero-order valence-electron chi connectivity index (χ0n) is 10.1. The van der Waals surface area contributed by atoms with Crippen molar-refractivity contribution in [2.24, 2.45) is 0 Å². The molecule has 0 spiro atoms. The van der Waals surface area contributed by atoms with E-state index in [1.54, 1.807) is 23.5 Å². The summed E-state index contributed by atoms with van der Waals surface area (Å²) < 4.78 is 0. The Hall–Kier alpha value is -1.88. The number of anilines is 1. The van der Waals surface area contributed by atoms with Crippen LogP contribution in [0.25, 0.3) is 0 Å². The molecule has 18 heavy (non-hydrogen) atoms. The maximum absolute atomic E-state index is 10.6. The number of hydrogen-bond donors (Lipinski definition) is 1. The molecule has 0 aliphatic heterocycles. The minimum Gasteiger partial charge on any atom is -0.380 e. The smallest absolute Gasteiger partial charge is 0.271 e. The van der Waals surface area contributed by atoms with Crippen LogP contribution >= 0.6 is 11.3 Å². The molecule has 5 heteroatoms. The SMILES string of the molecule is CCc1ccc(CNc2cccc([N+](=O)[O-])c2)s1. The molecule has 0 saturated heterocycles. The Balaban J connectivity index is 2.01. The Bertz CT molecular complexity index is 551. The highest BCUT2D eigenvalue weighted by molar-refractivity contribution is 7.12. The third-order valence-corrected chi connectivity index (χ3v) is 3.82. The van der Waals surface area contributed by atoms with E-state index >= 15 is 0 Å². The van der Waals surface area contributed by atoms with Crippen LogP contribution in [0, 0.1) is 10.1 Å². The third-order valence-electron chi connectivity index (χ3n) is 2.59. The van der Waals surface area contributed by atoms with E-state index in [4.69, 9.17) is 0 Å². The van der Waals surface area contributed by atoms with Crippen LogP contribution < -0.4 is 5.32 Å². The summed E-state index contributed by atoms with van der Waals surface area (Å²) >= 11 is 1.77. The minimum atomic E-state index is -0.383. The molecule has 0 unspecified atom stereocenters. The summed E-state index contributed by atoms with van der Waals surface area (Å²) in [5, 5.41) is 13.8. The summed E-state index contributed by atoms with van der Waals surface area (Å²) in [5.41, 5.74) is 0.885. The number of hydrogen-bond acceptors (Lipinski definition) is 4. The molecule has 1 N–H and O–H groups in total. The van der Waals surface area contributed by atoms with Gasteiger partial charge in [-0.25, -0.2) is 0 Å². The van der Waals surface area contributed by atoms with Gasteiger partial charge in [0, 0.05) is 34.1 Å². The molecule has 2 aromatic rings. The normalized spacial score (nSPS) is 10.3. The minimum absolute atomic E-state index is 0.112. The van der Waals surface area contributed by atoms with Crippen molar-refractivity contribution in [3.8, 4) is 0 Å². The first-order valence-corrected chi connectivity index (χ1v) is 6.56. The zero-order chi connectivity index (χ0) is 13.0. The topological polar surface area (TPSA) is 55.2 Å². The summed E-state index contributed by atoms with van der Waals surface area (Å²) in [5.74, 6) is 0. The van der Waals surface area contributed by atoms with Gasteiger partial charge in [-0.05, 0) is 24.6 Å². The van der Waals surface area contributed by atoms with Gasteiger partial charge in [-0.1, -0.05) is 13.0 Å². The van der Waals surface area contributed by atoms with E-state index in [9.17, 15) is 10.1 Å². The van der Waals surface area contributed by atoms with Gasteiger partial charge in [0.05, 0.1) is 4.92 Å². The molecule has 0 atom stereocenters. The Morgan fingerprint density at radius 1 is 1.28 bits per heavy atom. The summed E-state index contributed by atoms with van der Waals surface area (Å²) in [6.45, 7) is 2.83. The first-order chi connectivity index (χ1) is 8.69. The van der Waals surface area contributed by atoms with E-state index in [0.717, 1.165) is 12.1 Å². The maximum atomic E-state index is 10.6. The average Bonchev–Trinajstić information content (AvgIpc) is 2.84. The molecule has 2 rings (SSSR count). The Morgan fingerprint density at radius 2 is 2.06 bits per heavy atom. The number of nitro groups is 1. The van der Waals surface area contributed by atoms with Crippen LogP contribution in [-0.2, 0) is 13.0 Å². The van der Waals surface area contributed by atoms with E-state index in [1.807, 2.05) is 6.07 Å². The fourth-order valence-electron chi connectivity index (χ4n) is 1.63. The second-order valence-electron chi connectivity index (χ2n) is 3.88. The van der Waals surface area contributed by atoms with Gasteiger partial charge >= 0.3 is 0 Å². The van der Waals surface area contributed by atoms with Crippen molar-refractivity contribution in [2.75, 3.05) is 5.32 Å². The molecule has 4 nitrogen and oxygen atoms in total. The molecule has 0 bridgehead atoms. The van der Waals surface area contributed by atoms with Crippen LogP contribution in [0.15, 0.2) is 36.4 Å². The largest absolute Gasteiger partial charge is 0.380 e. The fraction of sp³-hybridized carbons (Fsp3) is 0.231. The second kappa shape index (κ2) is 5.64. The van der Waals surface area contributed by atoms with Crippen molar-refractivity contribution in [3.63, 3.8) is 0 Å². The second-order valence-corrected chi connectivity index (χ2v) is 5.14. The summed E-state index contributed by atoms with van der Waals surface area (Å²) in [4.78, 5) is 12.9. The van der Waals surface area contributed by atoms with Crippen molar-refractivity contribution in [3.05, 3.63) is 56.3 Å². The molecule has 0 aliphatic carbocycles. The van der Waals surface area contributed by atoms with Gasteiger partial charge in [-0.15, -0.1) is 11.3 Å². The first kappa shape index (κ1) is 12.6. The molecule has 0 aliphatic rings. The molecule has 1 aromatic carbocycles. The lowest BCUT2D eigenvalue weighted by Crippen LogP contribution is -1.98. The van der Waals surface area contributed by atoms with E-state index in [-0.39, 0.29) is 10.6 Å². The Labute approximate surface area is 109 Å². The summed E-state index contributed by atoms with van der Waals surface area (Å²) in [6.07, 6.45) is 1.04. The quantitative estimate of drug-likeness (QED) is 0.658. The molecule has 1 aromatic heterocycles. The highest BCUT2D eigenvalue weighted by Gasteiger charge is 2.05. The van der Waals surface area contributed by atoms with Crippen molar-refractivity contribution >= 4 is 22.7 Å². The fourth-order valence-corrected chi connectivity index (χ4v) is 2.52. The van der Waals surface area contributed by atoms with Gasteiger partial charge in [0.2, 0.25) is 0 Å². The lowest BCUT2D eigenvalue weighted by atomic mass is 10.3. The molecule has 0 fully saturated rings. The van der Waals surface area contributed by atoms with Crippen LogP contribution in [-0.4, -0.2) is 4.92 Å². The number of thiophene rings is 1. The van der Waals surface area contributed by atoms with Crippen LogP contribution in [0.4, 0.5) is 11.4 Å². The maximum Gasteiger partial charge on any atom is 0.271 e. The lowest BCUT2D eigenvalue weighted by Gasteiger charge is -2.04. The van der Waals surface area contributed by atoms with Gasteiger partial charge in [0.15, 0.2) is 0 Å². The van der Waals surface area contributed by atoms with Crippen LogP contribution in [0.3, 0.4) is 0 Å². The number of benzene rings is 1. The van der Waals surface area contributed by atoms with E-state index in [1.165, 1.54) is 15.8 Å². The molecular weight excluding hydrogens is 248 g/mol. The summed E-state index contributed by atoms with van der Waals surface area (Å²) in [6, 6.07) is 10.8. The van der Waals surface area contributed by atoms with Gasteiger partial charge in [-0.2, -0.15) is 0 Å². The molecular formula is C13H14N2O2S. The van der Waals surface area contributed by atoms with Crippen LogP contribution in [0.5, 0.6) is 0 Å². The van der Waals surface area contributed by atoms with E-state index in [2.05, 4.69) is 24.4 Å². The van der Waals surface area contributed by atoms with Crippen LogP contribution in [0.2, 0.25) is 0 Å².